The summed E-state index contributed by atoms with van der Waals surface area (Å²) in [5.74, 6) is 1.01. The Hall–Kier alpha value is -1.09. The molecule has 0 aromatic carbocycles. The largest absolute Gasteiger partial charge is 0.370 e. The Morgan fingerprint density at radius 2 is 1.95 bits per heavy atom. The van der Waals surface area contributed by atoms with E-state index in [1.807, 2.05) is 19.1 Å². The van der Waals surface area contributed by atoms with Crippen LogP contribution >= 0.6 is 0 Å². The number of likely N-dealkylation sites (tertiary alicyclic amines) is 1. The molecule has 0 spiro atoms. The third-order valence-electron chi connectivity index (χ3n) is 3.79. The number of aromatic nitrogens is 1. The van der Waals surface area contributed by atoms with Crippen LogP contribution in [0.25, 0.3) is 0 Å². The van der Waals surface area contributed by atoms with Gasteiger partial charge in [0.1, 0.15) is 5.82 Å². The van der Waals surface area contributed by atoms with Gasteiger partial charge in [-0.25, -0.2) is 4.98 Å². The number of pyridine rings is 1. The summed E-state index contributed by atoms with van der Waals surface area (Å²) in [6.07, 6.45) is 8.13. The fraction of sp³-hybridized carbons (Fsp3) is 0.688. The summed E-state index contributed by atoms with van der Waals surface area (Å²) in [5.41, 5.74) is 1.08. The molecule has 1 fully saturated rings. The summed E-state index contributed by atoms with van der Waals surface area (Å²) in [6.45, 7) is 7.01. The molecule has 0 saturated carbocycles. The minimum absolute atomic E-state index is 1.01. The number of unbranched alkanes of at least 4 members (excludes halogenated alkanes) is 2. The summed E-state index contributed by atoms with van der Waals surface area (Å²) < 4.78 is 0. The molecule has 0 aliphatic carbocycles. The van der Waals surface area contributed by atoms with Gasteiger partial charge in [-0.1, -0.05) is 18.9 Å². The van der Waals surface area contributed by atoms with Crippen molar-refractivity contribution in [3.63, 3.8) is 0 Å². The predicted molar refractivity (Wildman–Crippen MR) is 81.6 cm³/mol. The summed E-state index contributed by atoms with van der Waals surface area (Å²) >= 11 is 0. The molecular weight excluding hydrogens is 234 g/mol. The van der Waals surface area contributed by atoms with Gasteiger partial charge >= 0.3 is 0 Å². The van der Waals surface area contributed by atoms with Gasteiger partial charge in [-0.3, -0.25) is 0 Å². The second kappa shape index (κ2) is 8.16. The molecule has 0 radical (unpaired) electrons. The summed E-state index contributed by atoms with van der Waals surface area (Å²) in [7, 11) is 0. The van der Waals surface area contributed by atoms with Gasteiger partial charge in [0, 0.05) is 12.2 Å². The summed E-state index contributed by atoms with van der Waals surface area (Å²) in [6, 6.07) is 6.13. The Bertz CT molecular complexity index is 359. The molecule has 1 aromatic heterocycles. The third-order valence-corrected chi connectivity index (χ3v) is 3.79. The highest BCUT2D eigenvalue weighted by Gasteiger charge is 2.08. The van der Waals surface area contributed by atoms with Crippen LogP contribution in [-0.4, -0.2) is 36.1 Å². The Morgan fingerprint density at radius 1 is 1.11 bits per heavy atom. The number of hydrogen-bond acceptors (Lipinski definition) is 3. The van der Waals surface area contributed by atoms with Crippen molar-refractivity contribution in [2.45, 2.75) is 45.4 Å². The Labute approximate surface area is 117 Å². The molecule has 2 rings (SSSR count). The topological polar surface area (TPSA) is 28.2 Å². The van der Waals surface area contributed by atoms with E-state index in [-0.39, 0.29) is 0 Å². The van der Waals surface area contributed by atoms with E-state index in [9.17, 15) is 0 Å². The van der Waals surface area contributed by atoms with E-state index in [4.69, 9.17) is 0 Å². The molecule has 3 nitrogen and oxygen atoms in total. The van der Waals surface area contributed by atoms with Crippen LogP contribution in [0.5, 0.6) is 0 Å². The molecule has 19 heavy (non-hydrogen) atoms. The molecule has 1 aromatic rings. The highest BCUT2D eigenvalue weighted by Crippen LogP contribution is 2.10. The number of nitrogens with one attached hydrogen (secondary N) is 1. The van der Waals surface area contributed by atoms with Crippen LogP contribution in [0.4, 0.5) is 5.82 Å². The molecule has 0 bridgehead atoms. The summed E-state index contributed by atoms with van der Waals surface area (Å²) in [5, 5.41) is 3.40. The lowest BCUT2D eigenvalue weighted by atomic mass is 10.1. The van der Waals surface area contributed by atoms with Gasteiger partial charge in [0.2, 0.25) is 0 Å². The van der Waals surface area contributed by atoms with Gasteiger partial charge < -0.3 is 10.2 Å². The zero-order valence-electron chi connectivity index (χ0n) is 12.2. The first-order valence-electron chi connectivity index (χ1n) is 7.74. The minimum Gasteiger partial charge on any atom is -0.370 e. The van der Waals surface area contributed by atoms with Crippen molar-refractivity contribution in [1.29, 1.82) is 0 Å². The van der Waals surface area contributed by atoms with Gasteiger partial charge in [0.05, 0.1) is 0 Å². The zero-order chi connectivity index (χ0) is 13.3. The standard InChI is InChI=1S/C16H27N3/c1-15-9-8-10-16(18-15)17-11-4-2-5-12-19-13-6-3-7-14-19/h8-10H,2-7,11-14H2,1H3,(H,17,18). The lowest BCUT2D eigenvalue weighted by Gasteiger charge is -2.26. The summed E-state index contributed by atoms with van der Waals surface area (Å²) in [4.78, 5) is 7.07. The van der Waals surface area contributed by atoms with Gasteiger partial charge in [-0.2, -0.15) is 0 Å². The lowest BCUT2D eigenvalue weighted by molar-refractivity contribution is 0.224. The van der Waals surface area contributed by atoms with Crippen LogP contribution < -0.4 is 5.32 Å². The quantitative estimate of drug-likeness (QED) is 0.762. The first-order chi connectivity index (χ1) is 9.34. The highest BCUT2D eigenvalue weighted by atomic mass is 15.1. The maximum Gasteiger partial charge on any atom is 0.126 e. The van der Waals surface area contributed by atoms with Gasteiger partial charge in [-0.05, 0) is 64.4 Å². The van der Waals surface area contributed by atoms with Crippen molar-refractivity contribution < 1.29 is 0 Å². The number of anilines is 1. The van der Waals surface area contributed by atoms with E-state index >= 15 is 0 Å². The Balaban J connectivity index is 1.50. The van der Waals surface area contributed by atoms with E-state index in [1.54, 1.807) is 0 Å². The first kappa shape index (κ1) is 14.3. The van der Waals surface area contributed by atoms with Gasteiger partial charge in [-0.15, -0.1) is 0 Å². The van der Waals surface area contributed by atoms with Crippen molar-refractivity contribution in [3.05, 3.63) is 23.9 Å². The number of hydrogen-bond donors (Lipinski definition) is 1. The van der Waals surface area contributed by atoms with Crippen LogP contribution in [0, 0.1) is 6.92 Å². The smallest absolute Gasteiger partial charge is 0.126 e. The predicted octanol–water partition coefficient (Wildman–Crippen LogP) is 3.46. The van der Waals surface area contributed by atoms with Crippen LogP contribution in [0.1, 0.15) is 44.2 Å². The molecule has 106 valence electrons. The first-order valence-corrected chi connectivity index (χ1v) is 7.74. The molecule has 1 aliphatic heterocycles. The van der Waals surface area contributed by atoms with Crippen LogP contribution in [-0.2, 0) is 0 Å². The number of rotatable bonds is 7. The van der Waals surface area contributed by atoms with E-state index in [0.717, 1.165) is 18.1 Å². The molecule has 0 amide bonds. The van der Waals surface area contributed by atoms with E-state index in [0.29, 0.717) is 0 Å². The van der Waals surface area contributed by atoms with Crippen molar-refractivity contribution in [1.82, 2.24) is 9.88 Å². The number of piperidine rings is 1. The van der Waals surface area contributed by atoms with Crippen molar-refractivity contribution in [2.24, 2.45) is 0 Å². The average Bonchev–Trinajstić information content (AvgIpc) is 2.44. The maximum atomic E-state index is 4.45. The molecule has 3 heteroatoms. The Morgan fingerprint density at radius 3 is 2.74 bits per heavy atom. The fourth-order valence-corrected chi connectivity index (χ4v) is 2.68. The van der Waals surface area contributed by atoms with Gasteiger partial charge in [0.25, 0.3) is 0 Å². The van der Waals surface area contributed by atoms with Gasteiger partial charge in [0.15, 0.2) is 0 Å². The molecule has 0 atom stereocenters. The normalized spacial score (nSPS) is 16.5. The molecular formula is C16H27N3. The molecule has 1 N–H and O–H groups in total. The third kappa shape index (κ3) is 5.60. The maximum absolute atomic E-state index is 4.45. The molecule has 1 aliphatic rings. The molecule has 1 saturated heterocycles. The van der Waals surface area contributed by atoms with Crippen molar-refractivity contribution in [2.75, 3.05) is 31.5 Å². The van der Waals surface area contributed by atoms with E-state index in [1.165, 1.54) is 58.2 Å². The highest BCUT2D eigenvalue weighted by molar-refractivity contribution is 5.34. The van der Waals surface area contributed by atoms with Crippen LogP contribution in [0.2, 0.25) is 0 Å². The van der Waals surface area contributed by atoms with Crippen molar-refractivity contribution >= 4 is 5.82 Å². The second-order valence-corrected chi connectivity index (χ2v) is 5.55. The lowest BCUT2D eigenvalue weighted by Crippen LogP contribution is -2.30. The zero-order valence-corrected chi connectivity index (χ0v) is 12.2. The molecule has 0 unspecified atom stereocenters. The SMILES string of the molecule is Cc1cccc(NCCCCCN2CCCCC2)n1. The molecule has 2 heterocycles. The number of aryl methyl sites for hydroxylation is 1. The monoisotopic (exact) mass is 261 g/mol. The average molecular weight is 261 g/mol. The second-order valence-electron chi connectivity index (χ2n) is 5.55. The number of nitrogens with zero attached hydrogens (tertiary/aromatic N) is 2. The Kier molecular flexibility index (Phi) is 6.15. The van der Waals surface area contributed by atoms with Crippen LogP contribution in [0.15, 0.2) is 18.2 Å². The van der Waals surface area contributed by atoms with Crippen molar-refractivity contribution in [3.8, 4) is 0 Å². The van der Waals surface area contributed by atoms with Crippen LogP contribution in [0.3, 0.4) is 0 Å². The fourth-order valence-electron chi connectivity index (χ4n) is 2.68. The minimum atomic E-state index is 1.01. The van der Waals surface area contributed by atoms with E-state index < -0.39 is 0 Å². The van der Waals surface area contributed by atoms with E-state index in [2.05, 4.69) is 21.3 Å².